The van der Waals surface area contributed by atoms with Crippen LogP contribution in [-0.4, -0.2) is 24.4 Å². The third-order valence-electron chi connectivity index (χ3n) is 5.98. The maximum atomic E-state index is 13.2. The van der Waals surface area contributed by atoms with Crippen LogP contribution in [0.4, 0.5) is 11.4 Å². The molecule has 2 aromatic rings. The number of carbonyl (C=O) groups is 2. The van der Waals surface area contributed by atoms with E-state index in [0.29, 0.717) is 35.1 Å². The molecule has 0 saturated heterocycles. The van der Waals surface area contributed by atoms with Crippen LogP contribution < -0.4 is 10.4 Å². The number of ether oxygens (including phenoxy) is 1. The number of Topliss-reactive ketones (excluding diaryl/α,β-unsaturated/α-hetero) is 2. The summed E-state index contributed by atoms with van der Waals surface area (Å²) in [6.45, 7) is 12.1. The van der Waals surface area contributed by atoms with Crippen LogP contribution in [0.5, 0.6) is 0 Å². The molecule has 0 bridgehead atoms. The second-order valence-electron chi connectivity index (χ2n) is 8.63. The predicted octanol–water partition coefficient (Wildman–Crippen LogP) is 5.92. The number of ketones is 2. The molecule has 0 amide bonds. The largest absolute Gasteiger partial charge is 0.351 e. The van der Waals surface area contributed by atoms with Crippen molar-refractivity contribution in [2.24, 2.45) is 0 Å². The Kier molecular flexibility index (Phi) is 6.04. The monoisotopic (exact) mass is 408 g/mol. The van der Waals surface area contributed by atoms with Gasteiger partial charge in [0, 0.05) is 24.7 Å². The van der Waals surface area contributed by atoms with Crippen molar-refractivity contribution in [1.82, 2.24) is 0 Å². The van der Waals surface area contributed by atoms with Crippen LogP contribution >= 0.6 is 0 Å². The summed E-state index contributed by atoms with van der Waals surface area (Å²) in [5.74, 6) is 0.577. The normalized spacial score (nSPS) is 18.3. The Morgan fingerprint density at radius 3 is 2.23 bits per heavy atom. The lowest BCUT2D eigenvalue weighted by Gasteiger charge is -2.35. The molecule has 3 rings (SSSR count). The maximum absolute atomic E-state index is 13.2. The molecule has 0 fully saturated rings. The van der Waals surface area contributed by atoms with Gasteiger partial charge >= 0.3 is 0 Å². The molecule has 2 aromatic carbocycles. The standard InChI is InChI=1S/C25H32N2O3/c1-8-23(28)19-11-9-17(15(2)3)13-21(19)26-27-22-14-18(16(4)5)10-12-20(22)24(29)25(27,6)30-7/h9-16,26H,8H2,1-7H3. The van der Waals surface area contributed by atoms with Gasteiger partial charge in [-0.05, 0) is 54.2 Å². The number of nitrogens with one attached hydrogen (secondary N) is 1. The van der Waals surface area contributed by atoms with E-state index in [9.17, 15) is 9.59 Å². The highest BCUT2D eigenvalue weighted by Gasteiger charge is 2.49. The van der Waals surface area contributed by atoms with E-state index in [4.69, 9.17) is 4.74 Å². The van der Waals surface area contributed by atoms with E-state index in [2.05, 4.69) is 33.1 Å². The zero-order chi connectivity index (χ0) is 22.2. The average molecular weight is 409 g/mol. The number of hydrogen-bond donors (Lipinski definition) is 1. The van der Waals surface area contributed by atoms with Gasteiger partial charge < -0.3 is 4.74 Å². The molecule has 0 radical (unpaired) electrons. The van der Waals surface area contributed by atoms with Crippen molar-refractivity contribution < 1.29 is 14.3 Å². The zero-order valence-electron chi connectivity index (χ0n) is 19.0. The van der Waals surface area contributed by atoms with Crippen LogP contribution in [0.2, 0.25) is 0 Å². The van der Waals surface area contributed by atoms with Gasteiger partial charge in [-0.25, -0.2) is 5.01 Å². The zero-order valence-corrected chi connectivity index (χ0v) is 19.0. The van der Waals surface area contributed by atoms with Crippen molar-refractivity contribution in [2.45, 2.75) is 65.5 Å². The molecule has 0 aromatic heterocycles. The minimum Gasteiger partial charge on any atom is -0.351 e. The Balaban J connectivity index is 2.15. The molecule has 1 unspecified atom stereocenters. The highest BCUT2D eigenvalue weighted by molar-refractivity contribution is 6.13. The molecule has 5 heteroatoms. The Morgan fingerprint density at radius 2 is 1.67 bits per heavy atom. The molecule has 1 aliphatic rings. The van der Waals surface area contributed by atoms with Crippen molar-refractivity contribution in [3.05, 3.63) is 58.7 Å². The van der Waals surface area contributed by atoms with Crippen LogP contribution in [0, 0.1) is 0 Å². The second-order valence-corrected chi connectivity index (χ2v) is 8.63. The number of hydrazine groups is 1. The van der Waals surface area contributed by atoms with E-state index in [1.54, 1.807) is 11.9 Å². The predicted molar refractivity (Wildman–Crippen MR) is 122 cm³/mol. The van der Waals surface area contributed by atoms with Gasteiger partial charge in [0.25, 0.3) is 0 Å². The summed E-state index contributed by atoms with van der Waals surface area (Å²) in [5, 5.41) is 1.77. The van der Waals surface area contributed by atoms with Gasteiger partial charge in [-0.15, -0.1) is 0 Å². The van der Waals surface area contributed by atoms with Gasteiger partial charge in [0.2, 0.25) is 11.5 Å². The number of hydrogen-bond acceptors (Lipinski definition) is 5. The molecule has 160 valence electrons. The van der Waals surface area contributed by atoms with Gasteiger partial charge in [0.05, 0.1) is 11.4 Å². The summed E-state index contributed by atoms with van der Waals surface area (Å²) in [5.41, 5.74) is 7.10. The first-order chi connectivity index (χ1) is 14.1. The molecular formula is C25H32N2O3. The molecular weight excluding hydrogens is 376 g/mol. The molecule has 1 atom stereocenters. The number of nitrogens with zero attached hydrogens (tertiary/aromatic N) is 1. The molecule has 0 saturated carbocycles. The second kappa shape index (κ2) is 8.23. The van der Waals surface area contributed by atoms with Crippen LogP contribution in [0.1, 0.15) is 91.6 Å². The quantitative estimate of drug-likeness (QED) is 0.576. The molecule has 1 aliphatic heterocycles. The summed E-state index contributed by atoms with van der Waals surface area (Å²) in [6, 6.07) is 11.8. The van der Waals surface area contributed by atoms with Gasteiger partial charge in [-0.1, -0.05) is 46.8 Å². The number of benzene rings is 2. The van der Waals surface area contributed by atoms with Crippen LogP contribution in [0.25, 0.3) is 0 Å². The van der Waals surface area contributed by atoms with Gasteiger partial charge in [0.1, 0.15) is 0 Å². The van der Waals surface area contributed by atoms with E-state index in [0.717, 1.165) is 16.8 Å². The van der Waals surface area contributed by atoms with Crippen LogP contribution in [-0.2, 0) is 4.74 Å². The number of rotatable bonds is 7. The first-order valence-corrected chi connectivity index (χ1v) is 10.6. The number of methoxy groups -OCH3 is 1. The SMILES string of the molecule is CCC(=O)c1ccc(C(C)C)cc1NN1c2cc(C(C)C)ccc2C(=O)C1(C)OC. The smallest absolute Gasteiger partial charge is 0.219 e. The lowest BCUT2D eigenvalue weighted by molar-refractivity contribution is 0.0179. The summed E-state index contributed by atoms with van der Waals surface area (Å²) in [7, 11) is 1.53. The lowest BCUT2D eigenvalue weighted by atomic mass is 9.98. The van der Waals surface area contributed by atoms with Crippen molar-refractivity contribution in [1.29, 1.82) is 0 Å². The first-order valence-electron chi connectivity index (χ1n) is 10.6. The summed E-state index contributed by atoms with van der Waals surface area (Å²) < 4.78 is 5.71. The number of anilines is 2. The lowest BCUT2D eigenvalue weighted by Crippen LogP contribution is -2.52. The fourth-order valence-electron chi connectivity index (χ4n) is 3.78. The average Bonchev–Trinajstić information content (AvgIpc) is 2.94. The van der Waals surface area contributed by atoms with E-state index in [1.807, 2.05) is 43.3 Å². The van der Waals surface area contributed by atoms with Crippen molar-refractivity contribution in [3.63, 3.8) is 0 Å². The highest BCUT2D eigenvalue weighted by Crippen LogP contribution is 2.41. The van der Waals surface area contributed by atoms with E-state index in [-0.39, 0.29) is 11.6 Å². The molecule has 1 N–H and O–H groups in total. The van der Waals surface area contributed by atoms with Gasteiger partial charge in [0.15, 0.2) is 5.78 Å². The molecule has 30 heavy (non-hydrogen) atoms. The minimum absolute atomic E-state index is 0.0496. The van der Waals surface area contributed by atoms with E-state index >= 15 is 0 Å². The number of carbonyl (C=O) groups excluding carboxylic acids is 2. The summed E-state index contributed by atoms with van der Waals surface area (Å²) in [4.78, 5) is 25.8. The molecule has 0 aliphatic carbocycles. The Bertz CT molecular complexity index is 980. The van der Waals surface area contributed by atoms with Gasteiger partial charge in [-0.2, -0.15) is 0 Å². The third kappa shape index (κ3) is 3.63. The first kappa shape index (κ1) is 22.0. The highest BCUT2D eigenvalue weighted by atomic mass is 16.5. The van der Waals surface area contributed by atoms with Crippen molar-refractivity contribution in [3.8, 4) is 0 Å². The summed E-state index contributed by atoms with van der Waals surface area (Å²) >= 11 is 0. The van der Waals surface area contributed by atoms with E-state index in [1.165, 1.54) is 7.11 Å². The fourth-order valence-corrected chi connectivity index (χ4v) is 3.78. The minimum atomic E-state index is -1.21. The molecule has 1 heterocycles. The van der Waals surface area contributed by atoms with Crippen molar-refractivity contribution in [2.75, 3.05) is 17.5 Å². The molecule has 5 nitrogen and oxygen atoms in total. The Morgan fingerprint density at radius 1 is 1.07 bits per heavy atom. The Hall–Kier alpha value is -2.66. The van der Waals surface area contributed by atoms with Gasteiger partial charge in [-0.3, -0.25) is 15.0 Å². The van der Waals surface area contributed by atoms with E-state index < -0.39 is 5.72 Å². The molecule has 0 spiro atoms. The van der Waals surface area contributed by atoms with Crippen molar-refractivity contribution >= 4 is 22.9 Å². The maximum Gasteiger partial charge on any atom is 0.219 e. The topological polar surface area (TPSA) is 58.6 Å². The number of fused-ring (bicyclic) bond motifs is 1. The Labute approximate surface area is 179 Å². The fraction of sp³-hybridized carbons (Fsp3) is 0.440. The van der Waals surface area contributed by atoms with Crippen LogP contribution in [0.15, 0.2) is 36.4 Å². The summed E-state index contributed by atoms with van der Waals surface area (Å²) in [6.07, 6.45) is 0.407. The third-order valence-corrected chi connectivity index (χ3v) is 5.98. The van der Waals surface area contributed by atoms with Crippen LogP contribution in [0.3, 0.4) is 0 Å².